The Hall–Kier alpha value is -2.85. The standard InChI is InChI=1S/C23H25NO3/c1-2-27-23(26)24-16-21(15-22(25)18-9-4-3-5-10-18)20-13-12-17-8-6-7-11-19(17)14-20/h3-14,21-22,25H,2,15-16H2,1H3,(H,24,26)/t21-,22+/m1/s1. The maximum atomic E-state index is 11.8. The van der Waals surface area contributed by atoms with E-state index in [-0.39, 0.29) is 5.92 Å². The van der Waals surface area contributed by atoms with E-state index in [0.29, 0.717) is 19.6 Å². The van der Waals surface area contributed by atoms with Crippen LogP contribution in [0.1, 0.15) is 36.5 Å². The van der Waals surface area contributed by atoms with Crippen molar-refractivity contribution in [2.45, 2.75) is 25.4 Å². The molecule has 0 radical (unpaired) electrons. The van der Waals surface area contributed by atoms with Gasteiger partial charge in [-0.3, -0.25) is 0 Å². The molecule has 0 fully saturated rings. The number of carbonyl (C=O) groups excluding carboxylic acids is 1. The number of hydrogen-bond donors (Lipinski definition) is 2. The van der Waals surface area contributed by atoms with Gasteiger partial charge in [0.15, 0.2) is 0 Å². The molecule has 2 atom stereocenters. The molecule has 3 rings (SSSR count). The van der Waals surface area contributed by atoms with Gasteiger partial charge in [0.25, 0.3) is 0 Å². The number of nitrogens with one attached hydrogen (secondary N) is 1. The summed E-state index contributed by atoms with van der Waals surface area (Å²) >= 11 is 0. The molecular formula is C23H25NO3. The summed E-state index contributed by atoms with van der Waals surface area (Å²) in [6.07, 6.45) is -0.529. The van der Waals surface area contributed by atoms with Crippen molar-refractivity contribution in [2.24, 2.45) is 0 Å². The number of aliphatic hydroxyl groups excluding tert-OH is 1. The highest BCUT2D eigenvalue weighted by Crippen LogP contribution is 2.30. The Balaban J connectivity index is 1.82. The van der Waals surface area contributed by atoms with Crippen LogP contribution >= 0.6 is 0 Å². The summed E-state index contributed by atoms with van der Waals surface area (Å²) in [5.41, 5.74) is 1.96. The molecule has 3 aromatic carbocycles. The fourth-order valence-corrected chi connectivity index (χ4v) is 3.27. The first-order chi connectivity index (χ1) is 13.2. The van der Waals surface area contributed by atoms with Crippen molar-refractivity contribution in [3.8, 4) is 0 Å². The molecule has 27 heavy (non-hydrogen) atoms. The number of ether oxygens (including phenoxy) is 1. The molecule has 1 amide bonds. The Kier molecular flexibility index (Phi) is 6.44. The summed E-state index contributed by atoms with van der Waals surface area (Å²) in [7, 11) is 0. The van der Waals surface area contributed by atoms with E-state index in [1.165, 1.54) is 5.39 Å². The summed E-state index contributed by atoms with van der Waals surface area (Å²) in [5.74, 6) is -0.0331. The van der Waals surface area contributed by atoms with E-state index in [1.807, 2.05) is 42.5 Å². The second-order valence-corrected chi connectivity index (χ2v) is 6.57. The third-order valence-corrected chi connectivity index (χ3v) is 4.71. The minimum absolute atomic E-state index is 0.0331. The van der Waals surface area contributed by atoms with Gasteiger partial charge in [-0.25, -0.2) is 4.79 Å². The number of hydrogen-bond acceptors (Lipinski definition) is 3. The van der Waals surface area contributed by atoms with Gasteiger partial charge in [0, 0.05) is 12.5 Å². The molecule has 140 valence electrons. The van der Waals surface area contributed by atoms with Crippen molar-refractivity contribution >= 4 is 16.9 Å². The van der Waals surface area contributed by atoms with Crippen LogP contribution in [-0.2, 0) is 4.74 Å². The van der Waals surface area contributed by atoms with Gasteiger partial charge in [0.1, 0.15) is 0 Å². The Morgan fingerprint density at radius 3 is 2.41 bits per heavy atom. The maximum absolute atomic E-state index is 11.8. The quantitative estimate of drug-likeness (QED) is 0.634. The van der Waals surface area contributed by atoms with Crippen LogP contribution in [0.25, 0.3) is 10.8 Å². The molecular weight excluding hydrogens is 338 g/mol. The molecule has 0 aromatic heterocycles. The van der Waals surface area contributed by atoms with Crippen molar-refractivity contribution in [3.05, 3.63) is 83.9 Å². The molecule has 4 nitrogen and oxygen atoms in total. The van der Waals surface area contributed by atoms with Crippen LogP contribution in [0.3, 0.4) is 0 Å². The molecule has 0 spiro atoms. The largest absolute Gasteiger partial charge is 0.450 e. The summed E-state index contributed by atoms with van der Waals surface area (Å²) in [4.78, 5) is 11.8. The Morgan fingerprint density at radius 2 is 1.67 bits per heavy atom. The molecule has 0 aliphatic heterocycles. The molecule has 4 heteroatoms. The van der Waals surface area contributed by atoms with Crippen LogP contribution in [0.2, 0.25) is 0 Å². The zero-order chi connectivity index (χ0) is 19.1. The molecule has 0 heterocycles. The number of carbonyl (C=O) groups is 1. The van der Waals surface area contributed by atoms with Gasteiger partial charge in [0.2, 0.25) is 0 Å². The third-order valence-electron chi connectivity index (χ3n) is 4.71. The van der Waals surface area contributed by atoms with Crippen molar-refractivity contribution < 1.29 is 14.6 Å². The lowest BCUT2D eigenvalue weighted by Gasteiger charge is -2.22. The number of fused-ring (bicyclic) bond motifs is 1. The minimum Gasteiger partial charge on any atom is -0.450 e. The zero-order valence-electron chi connectivity index (χ0n) is 15.5. The van der Waals surface area contributed by atoms with Crippen LogP contribution in [0, 0.1) is 0 Å². The molecule has 0 aliphatic rings. The van der Waals surface area contributed by atoms with E-state index in [4.69, 9.17) is 4.74 Å². The minimum atomic E-state index is -0.605. The van der Waals surface area contributed by atoms with E-state index in [0.717, 1.165) is 16.5 Å². The highest BCUT2D eigenvalue weighted by Gasteiger charge is 2.19. The van der Waals surface area contributed by atoms with Crippen LogP contribution in [0.4, 0.5) is 4.79 Å². The number of amides is 1. The predicted octanol–water partition coefficient (Wildman–Crippen LogP) is 4.79. The first-order valence-corrected chi connectivity index (χ1v) is 9.29. The van der Waals surface area contributed by atoms with Crippen molar-refractivity contribution in [1.29, 1.82) is 0 Å². The zero-order valence-corrected chi connectivity index (χ0v) is 15.5. The Labute approximate surface area is 159 Å². The highest BCUT2D eigenvalue weighted by molar-refractivity contribution is 5.83. The molecule has 0 saturated heterocycles. The molecule has 0 saturated carbocycles. The molecule has 0 unspecified atom stereocenters. The number of aliphatic hydroxyl groups is 1. The molecule has 2 N–H and O–H groups in total. The van der Waals surface area contributed by atoms with E-state index >= 15 is 0 Å². The fraction of sp³-hybridized carbons (Fsp3) is 0.261. The van der Waals surface area contributed by atoms with Crippen molar-refractivity contribution in [2.75, 3.05) is 13.2 Å². The average Bonchev–Trinajstić information content (AvgIpc) is 2.71. The van der Waals surface area contributed by atoms with E-state index in [9.17, 15) is 9.90 Å². The molecule has 3 aromatic rings. The van der Waals surface area contributed by atoms with Gasteiger partial charge in [0.05, 0.1) is 12.7 Å². The van der Waals surface area contributed by atoms with Gasteiger partial charge in [-0.1, -0.05) is 72.8 Å². The lowest BCUT2D eigenvalue weighted by atomic mass is 9.89. The SMILES string of the molecule is CCOC(=O)NC[C@@H](C[C@H](O)c1ccccc1)c1ccc2ccccc2c1. The van der Waals surface area contributed by atoms with Gasteiger partial charge >= 0.3 is 6.09 Å². The monoisotopic (exact) mass is 363 g/mol. The fourth-order valence-electron chi connectivity index (χ4n) is 3.27. The van der Waals surface area contributed by atoms with Gasteiger partial charge in [-0.15, -0.1) is 0 Å². The number of benzene rings is 3. The second kappa shape index (κ2) is 9.19. The number of rotatable bonds is 7. The van der Waals surface area contributed by atoms with Crippen molar-refractivity contribution in [3.63, 3.8) is 0 Å². The third kappa shape index (κ3) is 5.08. The molecule has 0 aliphatic carbocycles. The lowest BCUT2D eigenvalue weighted by Crippen LogP contribution is -2.29. The first kappa shape index (κ1) is 18.9. The first-order valence-electron chi connectivity index (χ1n) is 9.29. The van der Waals surface area contributed by atoms with Crippen LogP contribution in [-0.4, -0.2) is 24.4 Å². The van der Waals surface area contributed by atoms with Crippen LogP contribution < -0.4 is 5.32 Å². The van der Waals surface area contributed by atoms with E-state index < -0.39 is 12.2 Å². The molecule has 0 bridgehead atoms. The smallest absolute Gasteiger partial charge is 0.407 e. The average molecular weight is 363 g/mol. The van der Waals surface area contributed by atoms with E-state index in [1.54, 1.807) is 6.92 Å². The maximum Gasteiger partial charge on any atom is 0.407 e. The van der Waals surface area contributed by atoms with E-state index in [2.05, 4.69) is 35.6 Å². The van der Waals surface area contributed by atoms with Gasteiger partial charge in [-0.2, -0.15) is 0 Å². The van der Waals surface area contributed by atoms with Crippen molar-refractivity contribution in [1.82, 2.24) is 5.32 Å². The lowest BCUT2D eigenvalue weighted by molar-refractivity contribution is 0.143. The Bertz CT molecular complexity index is 879. The number of alkyl carbamates (subject to hydrolysis) is 1. The predicted molar refractivity (Wildman–Crippen MR) is 108 cm³/mol. The Morgan fingerprint density at radius 1 is 0.963 bits per heavy atom. The summed E-state index contributed by atoms with van der Waals surface area (Å²) in [6.45, 7) is 2.51. The topological polar surface area (TPSA) is 58.6 Å². The highest BCUT2D eigenvalue weighted by atomic mass is 16.5. The normalized spacial score (nSPS) is 13.1. The van der Waals surface area contributed by atoms with Gasteiger partial charge in [-0.05, 0) is 35.2 Å². The van der Waals surface area contributed by atoms with Gasteiger partial charge < -0.3 is 15.2 Å². The van der Waals surface area contributed by atoms with Crippen LogP contribution in [0.5, 0.6) is 0 Å². The van der Waals surface area contributed by atoms with Crippen LogP contribution in [0.15, 0.2) is 72.8 Å². The second-order valence-electron chi connectivity index (χ2n) is 6.57. The summed E-state index contributed by atoms with van der Waals surface area (Å²) < 4.78 is 4.98. The summed E-state index contributed by atoms with van der Waals surface area (Å²) in [5, 5.41) is 15.8. The summed E-state index contributed by atoms with van der Waals surface area (Å²) in [6, 6.07) is 24.0.